The van der Waals surface area contributed by atoms with Crippen molar-refractivity contribution in [2.45, 2.75) is 46.1 Å². The molecule has 1 atom stereocenters. The monoisotopic (exact) mass is 191 g/mol. The van der Waals surface area contributed by atoms with Crippen LogP contribution in [-0.2, 0) is 6.42 Å². The second kappa shape index (κ2) is 5.16. The zero-order valence-corrected chi connectivity index (χ0v) is 9.51. The third-order valence-corrected chi connectivity index (χ3v) is 2.73. The van der Waals surface area contributed by atoms with Gasteiger partial charge in [-0.2, -0.15) is 0 Å². The normalized spacial score (nSPS) is 12.9. The van der Waals surface area contributed by atoms with E-state index in [1.165, 1.54) is 29.5 Å². The Bertz CT molecular complexity index is 269. The van der Waals surface area contributed by atoms with Gasteiger partial charge >= 0.3 is 0 Å². The van der Waals surface area contributed by atoms with Crippen LogP contribution in [-0.4, -0.2) is 6.04 Å². The Labute approximate surface area is 87.3 Å². The topological polar surface area (TPSA) is 26.0 Å². The largest absolute Gasteiger partial charge is 0.328 e. The van der Waals surface area contributed by atoms with Crippen LogP contribution in [0.15, 0.2) is 18.2 Å². The molecule has 0 amide bonds. The van der Waals surface area contributed by atoms with E-state index >= 15 is 0 Å². The van der Waals surface area contributed by atoms with Crippen LogP contribution in [0.2, 0.25) is 0 Å². The fraction of sp³-hybridized carbons (Fsp3) is 0.538. The molecule has 0 saturated carbocycles. The average molecular weight is 191 g/mol. The predicted octanol–water partition coefficient (Wildman–Crippen LogP) is 2.97. The number of aryl methyl sites for hydroxylation is 2. The third kappa shape index (κ3) is 3.15. The van der Waals surface area contributed by atoms with Crippen molar-refractivity contribution in [2.24, 2.45) is 5.73 Å². The lowest BCUT2D eigenvalue weighted by atomic mass is 9.97. The second-order valence-electron chi connectivity index (χ2n) is 4.24. The number of nitrogens with two attached hydrogens (primary N) is 1. The number of hydrogen-bond donors (Lipinski definition) is 1. The molecule has 1 unspecified atom stereocenters. The smallest absolute Gasteiger partial charge is 0.00105 e. The van der Waals surface area contributed by atoms with Crippen molar-refractivity contribution in [3.8, 4) is 0 Å². The summed E-state index contributed by atoms with van der Waals surface area (Å²) in [6.45, 7) is 6.45. The lowest BCUT2D eigenvalue weighted by molar-refractivity contribution is 0.622. The van der Waals surface area contributed by atoms with Gasteiger partial charge in [0.2, 0.25) is 0 Å². The molecule has 14 heavy (non-hydrogen) atoms. The first kappa shape index (κ1) is 11.3. The zero-order chi connectivity index (χ0) is 10.6. The standard InChI is InChI=1S/C13H21N/c1-10-6-4-7-11(2)13(10)9-5-8-12(3)14/h4,6-7,12H,5,8-9,14H2,1-3H3. The molecule has 0 aliphatic rings. The summed E-state index contributed by atoms with van der Waals surface area (Å²) >= 11 is 0. The molecule has 2 N–H and O–H groups in total. The maximum atomic E-state index is 5.73. The Morgan fingerprint density at radius 3 is 2.29 bits per heavy atom. The van der Waals surface area contributed by atoms with Crippen molar-refractivity contribution in [1.82, 2.24) is 0 Å². The molecule has 78 valence electrons. The van der Waals surface area contributed by atoms with Gasteiger partial charge in [0.05, 0.1) is 0 Å². The number of rotatable bonds is 4. The summed E-state index contributed by atoms with van der Waals surface area (Å²) < 4.78 is 0. The second-order valence-corrected chi connectivity index (χ2v) is 4.24. The van der Waals surface area contributed by atoms with Gasteiger partial charge in [0.1, 0.15) is 0 Å². The van der Waals surface area contributed by atoms with E-state index in [-0.39, 0.29) is 0 Å². The van der Waals surface area contributed by atoms with Gasteiger partial charge in [-0.1, -0.05) is 18.2 Å². The lowest BCUT2D eigenvalue weighted by Gasteiger charge is -2.10. The van der Waals surface area contributed by atoms with Crippen molar-refractivity contribution < 1.29 is 0 Å². The molecule has 0 aliphatic heterocycles. The Morgan fingerprint density at radius 2 is 1.79 bits per heavy atom. The third-order valence-electron chi connectivity index (χ3n) is 2.73. The summed E-state index contributed by atoms with van der Waals surface area (Å²) in [6.07, 6.45) is 3.48. The van der Waals surface area contributed by atoms with Gasteiger partial charge in [0, 0.05) is 6.04 Å². The summed E-state index contributed by atoms with van der Waals surface area (Å²) in [5.74, 6) is 0. The van der Waals surface area contributed by atoms with Crippen molar-refractivity contribution in [3.63, 3.8) is 0 Å². The quantitative estimate of drug-likeness (QED) is 0.778. The maximum Gasteiger partial charge on any atom is 0.00105 e. The van der Waals surface area contributed by atoms with Crippen LogP contribution in [0, 0.1) is 13.8 Å². The first-order chi connectivity index (χ1) is 6.61. The van der Waals surface area contributed by atoms with Crippen LogP contribution in [0.4, 0.5) is 0 Å². The zero-order valence-electron chi connectivity index (χ0n) is 9.51. The van der Waals surface area contributed by atoms with Gasteiger partial charge in [-0.25, -0.2) is 0 Å². The molecule has 0 aliphatic carbocycles. The van der Waals surface area contributed by atoms with Crippen molar-refractivity contribution in [3.05, 3.63) is 34.9 Å². The van der Waals surface area contributed by atoms with Gasteiger partial charge < -0.3 is 5.73 Å². The van der Waals surface area contributed by atoms with Crippen LogP contribution in [0.5, 0.6) is 0 Å². The van der Waals surface area contributed by atoms with Gasteiger partial charge in [-0.3, -0.25) is 0 Å². The summed E-state index contributed by atoms with van der Waals surface area (Å²) in [6, 6.07) is 6.83. The highest BCUT2D eigenvalue weighted by atomic mass is 14.6. The molecule has 0 heterocycles. The summed E-state index contributed by atoms with van der Waals surface area (Å²) in [5, 5.41) is 0. The van der Waals surface area contributed by atoms with Crippen LogP contribution in [0.3, 0.4) is 0 Å². The van der Waals surface area contributed by atoms with E-state index in [0.29, 0.717) is 6.04 Å². The SMILES string of the molecule is Cc1cccc(C)c1CCCC(C)N. The molecule has 0 radical (unpaired) electrons. The van der Waals surface area contributed by atoms with E-state index in [1.54, 1.807) is 0 Å². The molecular formula is C13H21N. The minimum atomic E-state index is 0.333. The molecule has 0 saturated heterocycles. The molecular weight excluding hydrogens is 170 g/mol. The Kier molecular flexibility index (Phi) is 4.15. The van der Waals surface area contributed by atoms with Crippen molar-refractivity contribution in [2.75, 3.05) is 0 Å². The van der Waals surface area contributed by atoms with E-state index in [0.717, 1.165) is 6.42 Å². The van der Waals surface area contributed by atoms with Gasteiger partial charge in [0.15, 0.2) is 0 Å². The molecule has 1 heteroatoms. The van der Waals surface area contributed by atoms with Crippen LogP contribution < -0.4 is 5.73 Å². The minimum Gasteiger partial charge on any atom is -0.328 e. The highest BCUT2D eigenvalue weighted by molar-refractivity contribution is 5.33. The van der Waals surface area contributed by atoms with E-state index in [9.17, 15) is 0 Å². The highest BCUT2D eigenvalue weighted by Gasteiger charge is 2.02. The maximum absolute atomic E-state index is 5.73. The first-order valence-corrected chi connectivity index (χ1v) is 5.42. The lowest BCUT2D eigenvalue weighted by Crippen LogP contribution is -2.14. The molecule has 1 aromatic carbocycles. The summed E-state index contributed by atoms with van der Waals surface area (Å²) in [5.41, 5.74) is 10.1. The van der Waals surface area contributed by atoms with Gasteiger partial charge in [-0.15, -0.1) is 0 Å². The van der Waals surface area contributed by atoms with Gasteiger partial charge in [0.25, 0.3) is 0 Å². The Hall–Kier alpha value is -0.820. The molecule has 0 bridgehead atoms. The van der Waals surface area contributed by atoms with E-state index < -0.39 is 0 Å². The van der Waals surface area contributed by atoms with E-state index in [2.05, 4.69) is 39.0 Å². The van der Waals surface area contributed by atoms with Crippen molar-refractivity contribution in [1.29, 1.82) is 0 Å². The molecule has 1 aromatic rings. The van der Waals surface area contributed by atoms with E-state index in [4.69, 9.17) is 5.73 Å². The predicted molar refractivity (Wildman–Crippen MR) is 62.5 cm³/mol. The summed E-state index contributed by atoms with van der Waals surface area (Å²) in [7, 11) is 0. The first-order valence-electron chi connectivity index (χ1n) is 5.42. The molecule has 1 rings (SSSR count). The van der Waals surface area contributed by atoms with Crippen LogP contribution in [0.25, 0.3) is 0 Å². The molecule has 0 aromatic heterocycles. The average Bonchev–Trinajstić information content (AvgIpc) is 2.09. The fourth-order valence-electron chi connectivity index (χ4n) is 1.84. The van der Waals surface area contributed by atoms with E-state index in [1.807, 2.05) is 0 Å². The van der Waals surface area contributed by atoms with Crippen molar-refractivity contribution >= 4 is 0 Å². The number of hydrogen-bond acceptors (Lipinski definition) is 1. The Balaban J connectivity index is 2.58. The van der Waals surface area contributed by atoms with Gasteiger partial charge in [-0.05, 0) is 56.7 Å². The van der Waals surface area contributed by atoms with Crippen LogP contribution >= 0.6 is 0 Å². The highest BCUT2D eigenvalue weighted by Crippen LogP contribution is 2.16. The summed E-state index contributed by atoms with van der Waals surface area (Å²) in [4.78, 5) is 0. The Morgan fingerprint density at radius 1 is 1.21 bits per heavy atom. The molecule has 0 spiro atoms. The molecule has 0 fully saturated rings. The number of benzene rings is 1. The molecule has 1 nitrogen and oxygen atoms in total. The minimum absolute atomic E-state index is 0.333. The van der Waals surface area contributed by atoms with Crippen LogP contribution in [0.1, 0.15) is 36.5 Å². The fourth-order valence-corrected chi connectivity index (χ4v) is 1.84.